The highest BCUT2D eigenvalue weighted by Gasteiger charge is 2.22. The van der Waals surface area contributed by atoms with E-state index in [1.807, 2.05) is 37.3 Å². The van der Waals surface area contributed by atoms with Crippen molar-refractivity contribution in [1.29, 1.82) is 0 Å². The summed E-state index contributed by atoms with van der Waals surface area (Å²) in [6, 6.07) is 14.1. The largest absolute Gasteiger partial charge is 0.491 e. The van der Waals surface area contributed by atoms with E-state index in [0.717, 1.165) is 51.3 Å². The van der Waals surface area contributed by atoms with Gasteiger partial charge in [0.05, 0.1) is 32.0 Å². The highest BCUT2D eigenvalue weighted by Crippen LogP contribution is 2.30. The predicted molar refractivity (Wildman–Crippen MR) is 124 cm³/mol. The molecule has 4 aromatic rings. The summed E-state index contributed by atoms with van der Waals surface area (Å²) in [7, 11) is 0. The van der Waals surface area contributed by atoms with E-state index in [9.17, 15) is 5.11 Å². The van der Waals surface area contributed by atoms with E-state index in [2.05, 4.69) is 33.5 Å². The van der Waals surface area contributed by atoms with E-state index in [4.69, 9.17) is 9.72 Å². The van der Waals surface area contributed by atoms with Crippen molar-refractivity contribution in [3.63, 3.8) is 0 Å². The minimum Gasteiger partial charge on any atom is -0.491 e. The Morgan fingerprint density at radius 3 is 2.77 bits per heavy atom. The van der Waals surface area contributed by atoms with Gasteiger partial charge in [0.2, 0.25) is 0 Å². The standard InChI is InChI=1S/C22H23N4O2S2/c1-15-23-19-12-17(6-7-21(19)29-15)28-14-16(27)13-25-8-10-26(11-9-25)22-24-18-4-2-3-5-20(18)30-22/h2-7,10,12,16,27H,8-9,11,13-14H2,1H3. The van der Waals surface area contributed by atoms with Gasteiger partial charge in [-0.15, -0.1) is 11.3 Å². The van der Waals surface area contributed by atoms with Crippen LogP contribution in [-0.4, -0.2) is 58.9 Å². The van der Waals surface area contributed by atoms with Crippen molar-refractivity contribution < 1.29 is 9.84 Å². The molecule has 2 aromatic heterocycles. The zero-order valence-electron chi connectivity index (χ0n) is 16.7. The lowest BCUT2D eigenvalue weighted by molar-refractivity contribution is 0.0689. The molecule has 2 aromatic carbocycles. The Hall–Kier alpha value is -2.26. The van der Waals surface area contributed by atoms with E-state index in [-0.39, 0.29) is 6.61 Å². The van der Waals surface area contributed by atoms with Crippen molar-refractivity contribution in [2.24, 2.45) is 0 Å². The van der Waals surface area contributed by atoms with E-state index in [0.29, 0.717) is 6.54 Å². The van der Waals surface area contributed by atoms with Crippen molar-refractivity contribution in [3.8, 4) is 5.75 Å². The van der Waals surface area contributed by atoms with Crippen LogP contribution >= 0.6 is 22.7 Å². The number of fused-ring (bicyclic) bond motifs is 2. The van der Waals surface area contributed by atoms with E-state index < -0.39 is 6.10 Å². The van der Waals surface area contributed by atoms with Gasteiger partial charge in [0, 0.05) is 32.2 Å². The predicted octanol–water partition coefficient (Wildman–Crippen LogP) is 3.94. The minimum atomic E-state index is -0.541. The van der Waals surface area contributed by atoms with Crippen LogP contribution in [0.2, 0.25) is 0 Å². The van der Waals surface area contributed by atoms with Crippen molar-refractivity contribution in [1.82, 2.24) is 14.9 Å². The van der Waals surface area contributed by atoms with E-state index >= 15 is 0 Å². The second kappa shape index (κ2) is 8.47. The molecule has 1 fully saturated rings. The van der Waals surface area contributed by atoms with Crippen LogP contribution < -0.4 is 9.64 Å². The molecule has 0 aliphatic carbocycles. The number of nitrogens with zero attached hydrogens (tertiary/aromatic N) is 4. The Morgan fingerprint density at radius 2 is 1.93 bits per heavy atom. The molecule has 155 valence electrons. The third-order valence-electron chi connectivity index (χ3n) is 5.12. The maximum absolute atomic E-state index is 10.4. The number of ether oxygens (including phenoxy) is 1. The molecule has 1 saturated heterocycles. The maximum atomic E-state index is 10.4. The van der Waals surface area contributed by atoms with Crippen LogP contribution in [0.4, 0.5) is 5.13 Å². The minimum absolute atomic E-state index is 0.271. The second-order valence-corrected chi connectivity index (χ2v) is 9.67. The lowest BCUT2D eigenvalue weighted by Gasteiger charge is -2.34. The normalized spacial score (nSPS) is 16.4. The van der Waals surface area contributed by atoms with Crippen LogP contribution in [0.15, 0.2) is 42.5 Å². The number of β-amino-alcohol motifs (C(OH)–C–C–N with tert-alkyl or cyclic N) is 1. The first-order chi connectivity index (χ1) is 14.6. The Labute approximate surface area is 183 Å². The second-order valence-electron chi connectivity index (χ2n) is 7.43. The third kappa shape index (κ3) is 4.27. The molecule has 1 unspecified atom stereocenters. The van der Waals surface area contributed by atoms with Crippen LogP contribution in [0.5, 0.6) is 5.75 Å². The van der Waals surface area contributed by atoms with Gasteiger partial charge in [-0.25, -0.2) is 9.97 Å². The molecule has 1 aliphatic heterocycles. The molecule has 0 bridgehead atoms. The Kier molecular flexibility index (Phi) is 5.56. The summed E-state index contributed by atoms with van der Waals surface area (Å²) in [5.41, 5.74) is 2.00. The van der Waals surface area contributed by atoms with Crippen LogP contribution in [0.25, 0.3) is 20.4 Å². The van der Waals surface area contributed by atoms with Gasteiger partial charge in [-0.05, 0) is 31.2 Å². The topological polar surface area (TPSA) is 61.7 Å². The number of rotatable bonds is 6. The molecule has 1 atom stereocenters. The summed E-state index contributed by atoms with van der Waals surface area (Å²) >= 11 is 3.39. The first-order valence-corrected chi connectivity index (χ1v) is 11.6. The lowest BCUT2D eigenvalue weighted by Crippen LogP contribution is -2.46. The van der Waals surface area contributed by atoms with Crippen LogP contribution in [0.1, 0.15) is 5.01 Å². The van der Waals surface area contributed by atoms with Crippen molar-refractivity contribution in [2.75, 3.05) is 37.7 Å². The van der Waals surface area contributed by atoms with E-state index in [1.165, 1.54) is 4.70 Å². The number of aromatic nitrogens is 2. The molecule has 5 rings (SSSR count). The molecule has 1 aliphatic rings. The molecular formula is C22H23N4O2S2. The number of piperazine rings is 1. The molecule has 1 N–H and O–H groups in total. The monoisotopic (exact) mass is 439 g/mol. The molecular weight excluding hydrogens is 416 g/mol. The van der Waals surface area contributed by atoms with Crippen molar-refractivity contribution in [3.05, 3.63) is 54.0 Å². The van der Waals surface area contributed by atoms with Gasteiger partial charge in [-0.1, -0.05) is 23.5 Å². The number of hydrogen-bond acceptors (Lipinski definition) is 8. The zero-order valence-corrected chi connectivity index (χ0v) is 18.3. The van der Waals surface area contributed by atoms with Gasteiger partial charge >= 0.3 is 0 Å². The summed E-state index contributed by atoms with van der Waals surface area (Å²) in [4.78, 5) is 13.7. The number of hydrogen-bond donors (Lipinski definition) is 1. The van der Waals surface area contributed by atoms with Gasteiger partial charge < -0.3 is 14.7 Å². The Bertz CT molecular complexity index is 1120. The van der Waals surface area contributed by atoms with Crippen molar-refractivity contribution in [2.45, 2.75) is 13.0 Å². The Balaban J connectivity index is 1.11. The van der Waals surface area contributed by atoms with Gasteiger partial charge in [0.1, 0.15) is 18.5 Å². The summed E-state index contributed by atoms with van der Waals surface area (Å²) in [6.07, 6.45) is -0.541. The van der Waals surface area contributed by atoms with Crippen LogP contribution in [0, 0.1) is 13.5 Å². The van der Waals surface area contributed by atoms with Crippen LogP contribution in [-0.2, 0) is 0 Å². The first-order valence-electron chi connectivity index (χ1n) is 10.00. The molecule has 8 heteroatoms. The lowest BCUT2D eigenvalue weighted by atomic mass is 10.2. The average Bonchev–Trinajstić information content (AvgIpc) is 3.35. The van der Waals surface area contributed by atoms with Gasteiger partial charge in [0.15, 0.2) is 5.13 Å². The number of aliphatic hydroxyl groups is 1. The molecule has 6 nitrogen and oxygen atoms in total. The SMILES string of the molecule is Cc1nc2cc(OCC(O)CN3C[CH]N(c4nc5ccccc5s4)CC3)ccc2s1. The van der Waals surface area contributed by atoms with Crippen LogP contribution in [0.3, 0.4) is 0 Å². The van der Waals surface area contributed by atoms with Gasteiger partial charge in [0.25, 0.3) is 0 Å². The number of benzene rings is 2. The average molecular weight is 440 g/mol. The molecule has 1 radical (unpaired) electrons. The molecule has 0 saturated carbocycles. The molecule has 30 heavy (non-hydrogen) atoms. The smallest absolute Gasteiger partial charge is 0.186 e. The number of aryl methyl sites for hydroxylation is 1. The fourth-order valence-electron chi connectivity index (χ4n) is 3.62. The molecule has 0 spiro atoms. The van der Waals surface area contributed by atoms with E-state index in [1.54, 1.807) is 22.7 Å². The summed E-state index contributed by atoms with van der Waals surface area (Å²) in [5, 5.41) is 12.5. The third-order valence-corrected chi connectivity index (χ3v) is 7.15. The number of aliphatic hydroxyl groups excluding tert-OH is 1. The highest BCUT2D eigenvalue weighted by molar-refractivity contribution is 7.22. The molecule has 3 heterocycles. The van der Waals surface area contributed by atoms with Gasteiger partial charge in [-0.2, -0.15) is 0 Å². The quantitative estimate of drug-likeness (QED) is 0.491. The number of thiazole rings is 2. The zero-order chi connectivity index (χ0) is 20.5. The summed E-state index contributed by atoms with van der Waals surface area (Å²) < 4.78 is 8.17. The fourth-order valence-corrected chi connectivity index (χ4v) is 5.42. The Morgan fingerprint density at radius 1 is 1.07 bits per heavy atom. The number of anilines is 1. The number of para-hydroxylation sites is 1. The van der Waals surface area contributed by atoms with Crippen molar-refractivity contribution >= 4 is 48.2 Å². The first kappa shape index (κ1) is 19.7. The maximum Gasteiger partial charge on any atom is 0.186 e. The highest BCUT2D eigenvalue weighted by atomic mass is 32.1. The molecule has 0 amide bonds. The summed E-state index contributed by atoms with van der Waals surface area (Å²) in [5.74, 6) is 0.749. The summed E-state index contributed by atoms with van der Waals surface area (Å²) in [6.45, 7) is 7.56. The fraction of sp³-hybridized carbons (Fsp3) is 0.318. The van der Waals surface area contributed by atoms with Gasteiger partial charge in [-0.3, -0.25) is 4.90 Å².